The Morgan fingerprint density at radius 1 is 1.21 bits per heavy atom. The number of aromatic nitrogens is 1. The van der Waals surface area contributed by atoms with E-state index in [2.05, 4.69) is 4.98 Å². The lowest BCUT2D eigenvalue weighted by molar-refractivity contribution is -0.141. The summed E-state index contributed by atoms with van der Waals surface area (Å²) in [7, 11) is 0. The van der Waals surface area contributed by atoms with Crippen molar-refractivity contribution in [3.8, 4) is 0 Å². The number of fused-ring (bicyclic) bond motifs is 2. The van der Waals surface area contributed by atoms with Crippen LogP contribution in [0.4, 0.5) is 18.0 Å². The van der Waals surface area contributed by atoms with Gasteiger partial charge in [0.2, 0.25) is 0 Å². The highest BCUT2D eigenvalue weighted by Gasteiger charge is 2.39. The Bertz CT molecular complexity index is 915. The molecule has 2 aliphatic heterocycles. The number of nitrogens with zero attached hydrogens (tertiary/aromatic N) is 2. The zero-order chi connectivity index (χ0) is 20.4. The molecule has 2 aliphatic rings. The third kappa shape index (κ3) is 4.27. The third-order valence-corrected chi connectivity index (χ3v) is 5.04. The van der Waals surface area contributed by atoms with Crippen molar-refractivity contribution in [2.45, 2.75) is 31.3 Å². The third-order valence-electron chi connectivity index (χ3n) is 5.04. The van der Waals surface area contributed by atoms with Crippen molar-refractivity contribution in [3.63, 3.8) is 0 Å². The predicted molar refractivity (Wildman–Crippen MR) is 98.7 cm³/mol. The number of halogens is 3. The Labute approximate surface area is 165 Å². The van der Waals surface area contributed by atoms with Gasteiger partial charge in [-0.1, -0.05) is 36.4 Å². The standard InChI is InChI=1S/C21H19F3N2O3/c22-21(23,24)19-10-15(6-7-25-19)16-8-17-12-28-13-18(9-16)26(17)20(27)29-11-14-4-2-1-3-5-14/h1-8,10,17-18H,9,11-13H2. The number of benzene rings is 1. The van der Waals surface area contributed by atoms with Gasteiger partial charge in [-0.2, -0.15) is 13.2 Å². The molecule has 2 aromatic rings. The average molecular weight is 404 g/mol. The Kier molecular flexibility index (Phi) is 5.27. The lowest BCUT2D eigenvalue weighted by Crippen LogP contribution is -2.56. The van der Waals surface area contributed by atoms with Gasteiger partial charge in [-0.15, -0.1) is 0 Å². The summed E-state index contributed by atoms with van der Waals surface area (Å²) in [6.45, 7) is 0.746. The highest BCUT2D eigenvalue weighted by molar-refractivity contribution is 5.74. The molecule has 0 N–H and O–H groups in total. The molecule has 0 aliphatic carbocycles. The summed E-state index contributed by atoms with van der Waals surface area (Å²) in [5.41, 5.74) is 1.17. The van der Waals surface area contributed by atoms with Crippen LogP contribution >= 0.6 is 0 Å². The summed E-state index contributed by atoms with van der Waals surface area (Å²) < 4.78 is 50.0. The van der Waals surface area contributed by atoms with E-state index in [1.54, 1.807) is 17.0 Å². The Morgan fingerprint density at radius 3 is 2.72 bits per heavy atom. The van der Waals surface area contributed by atoms with Crippen molar-refractivity contribution < 1.29 is 27.4 Å². The van der Waals surface area contributed by atoms with E-state index in [4.69, 9.17) is 9.47 Å². The number of pyridine rings is 1. The zero-order valence-electron chi connectivity index (χ0n) is 15.4. The van der Waals surface area contributed by atoms with Crippen molar-refractivity contribution in [1.82, 2.24) is 9.88 Å². The van der Waals surface area contributed by atoms with Crippen molar-refractivity contribution in [1.29, 1.82) is 0 Å². The van der Waals surface area contributed by atoms with Gasteiger partial charge in [0.25, 0.3) is 0 Å². The Hall–Kier alpha value is -2.87. The number of rotatable bonds is 3. The molecule has 2 bridgehead atoms. The number of hydrogen-bond acceptors (Lipinski definition) is 4. The molecule has 2 atom stereocenters. The van der Waals surface area contributed by atoms with Crippen LogP contribution in [-0.2, 0) is 22.3 Å². The van der Waals surface area contributed by atoms with Crippen molar-refractivity contribution in [2.75, 3.05) is 13.2 Å². The van der Waals surface area contributed by atoms with Crippen LogP contribution < -0.4 is 0 Å². The van der Waals surface area contributed by atoms with E-state index in [1.165, 1.54) is 0 Å². The first-order chi connectivity index (χ1) is 13.9. The second-order valence-electron chi connectivity index (χ2n) is 7.03. The van der Waals surface area contributed by atoms with Gasteiger partial charge in [-0.05, 0) is 35.3 Å². The lowest BCUT2D eigenvalue weighted by Gasteiger charge is -2.43. The van der Waals surface area contributed by atoms with Gasteiger partial charge in [0.1, 0.15) is 12.3 Å². The summed E-state index contributed by atoms with van der Waals surface area (Å²) in [5.74, 6) is 0. The average Bonchev–Trinajstić information content (AvgIpc) is 2.71. The molecule has 4 rings (SSSR count). The smallest absolute Gasteiger partial charge is 0.433 e. The molecule has 3 heterocycles. The molecule has 5 nitrogen and oxygen atoms in total. The van der Waals surface area contributed by atoms with E-state index in [9.17, 15) is 18.0 Å². The highest BCUT2D eigenvalue weighted by atomic mass is 19.4. The van der Waals surface area contributed by atoms with Gasteiger partial charge in [0.05, 0.1) is 25.3 Å². The van der Waals surface area contributed by atoms with Crippen LogP contribution in [-0.4, -0.2) is 41.3 Å². The topological polar surface area (TPSA) is 51.7 Å². The van der Waals surface area contributed by atoms with Gasteiger partial charge in [-0.25, -0.2) is 4.79 Å². The van der Waals surface area contributed by atoms with Crippen LogP contribution in [0.5, 0.6) is 0 Å². The quantitative estimate of drug-likeness (QED) is 0.766. The SMILES string of the molecule is O=C(OCc1ccccc1)N1C2C=C(c3ccnc(C(F)(F)F)c3)CC1COC2. The largest absolute Gasteiger partial charge is 0.445 e. The molecule has 1 aromatic heterocycles. The minimum absolute atomic E-state index is 0.159. The number of hydrogen-bond donors (Lipinski definition) is 0. The van der Waals surface area contributed by atoms with E-state index in [1.807, 2.05) is 30.3 Å². The number of alkyl halides is 3. The molecular weight excluding hydrogens is 385 g/mol. The number of ether oxygens (including phenoxy) is 2. The molecule has 0 saturated carbocycles. The molecule has 1 saturated heterocycles. The van der Waals surface area contributed by atoms with Gasteiger partial charge >= 0.3 is 12.3 Å². The van der Waals surface area contributed by atoms with Crippen LogP contribution in [0.2, 0.25) is 0 Å². The molecular formula is C21H19F3N2O3. The molecule has 8 heteroatoms. The summed E-state index contributed by atoms with van der Waals surface area (Å²) in [5, 5.41) is 0. The van der Waals surface area contributed by atoms with Gasteiger partial charge in [-0.3, -0.25) is 9.88 Å². The van der Waals surface area contributed by atoms with Crippen LogP contribution in [0.1, 0.15) is 23.2 Å². The van der Waals surface area contributed by atoms with Gasteiger partial charge in [0.15, 0.2) is 0 Å². The number of carbonyl (C=O) groups is 1. The molecule has 0 spiro atoms. The minimum atomic E-state index is -4.50. The van der Waals surface area contributed by atoms with E-state index in [0.717, 1.165) is 23.4 Å². The molecule has 0 radical (unpaired) electrons. The maximum absolute atomic E-state index is 13.0. The van der Waals surface area contributed by atoms with Crippen molar-refractivity contribution in [2.24, 2.45) is 0 Å². The maximum atomic E-state index is 13.0. The van der Waals surface area contributed by atoms with Gasteiger partial charge < -0.3 is 9.47 Å². The fraction of sp³-hybridized carbons (Fsp3) is 0.333. The van der Waals surface area contributed by atoms with Crippen molar-refractivity contribution in [3.05, 3.63) is 71.6 Å². The van der Waals surface area contributed by atoms with E-state index in [-0.39, 0.29) is 25.3 Å². The first kappa shape index (κ1) is 19.4. The number of amides is 1. The van der Waals surface area contributed by atoms with E-state index in [0.29, 0.717) is 18.6 Å². The minimum Gasteiger partial charge on any atom is -0.445 e. The lowest BCUT2D eigenvalue weighted by atomic mass is 9.90. The summed E-state index contributed by atoms with van der Waals surface area (Å²) in [6.07, 6.45) is -1.62. The monoisotopic (exact) mass is 404 g/mol. The second kappa shape index (κ2) is 7.87. The second-order valence-corrected chi connectivity index (χ2v) is 7.03. The first-order valence-electron chi connectivity index (χ1n) is 9.23. The van der Waals surface area contributed by atoms with Crippen LogP contribution in [0.3, 0.4) is 0 Å². The van der Waals surface area contributed by atoms with Crippen LogP contribution in [0.25, 0.3) is 5.57 Å². The molecule has 1 aromatic carbocycles. The van der Waals surface area contributed by atoms with E-state index >= 15 is 0 Å². The molecule has 1 amide bonds. The highest BCUT2D eigenvalue weighted by Crippen LogP contribution is 2.35. The Balaban J connectivity index is 1.52. The van der Waals surface area contributed by atoms with E-state index < -0.39 is 18.0 Å². The molecule has 1 fully saturated rings. The normalized spacial score (nSPS) is 21.5. The fourth-order valence-corrected chi connectivity index (χ4v) is 3.67. The molecule has 2 unspecified atom stereocenters. The van der Waals surface area contributed by atoms with Crippen LogP contribution in [0, 0.1) is 0 Å². The number of morpholine rings is 1. The maximum Gasteiger partial charge on any atom is 0.433 e. The summed E-state index contributed by atoms with van der Waals surface area (Å²) >= 11 is 0. The molecule has 152 valence electrons. The Morgan fingerprint density at radius 2 is 2.00 bits per heavy atom. The van der Waals surface area contributed by atoms with Crippen molar-refractivity contribution >= 4 is 11.7 Å². The van der Waals surface area contributed by atoms with Gasteiger partial charge in [0, 0.05) is 6.20 Å². The summed E-state index contributed by atoms with van der Waals surface area (Å²) in [4.78, 5) is 17.7. The summed E-state index contributed by atoms with van der Waals surface area (Å²) in [6, 6.07) is 11.3. The zero-order valence-corrected chi connectivity index (χ0v) is 15.4. The first-order valence-corrected chi connectivity index (χ1v) is 9.23. The fourth-order valence-electron chi connectivity index (χ4n) is 3.67. The molecule has 29 heavy (non-hydrogen) atoms. The predicted octanol–water partition coefficient (Wildman–Crippen LogP) is 4.29. The van der Waals surface area contributed by atoms with Crippen LogP contribution in [0.15, 0.2) is 54.7 Å². The number of carbonyl (C=O) groups excluding carboxylic acids is 1.